The van der Waals surface area contributed by atoms with Gasteiger partial charge in [0, 0.05) is 13.1 Å². The van der Waals surface area contributed by atoms with Crippen LogP contribution in [0.2, 0.25) is 0 Å². The summed E-state index contributed by atoms with van der Waals surface area (Å²) in [6, 6.07) is 0. The first-order chi connectivity index (χ1) is 5.87. The van der Waals surface area contributed by atoms with Gasteiger partial charge >= 0.3 is 0 Å². The topological polar surface area (TPSA) is 12.5 Å². The first-order valence-corrected chi connectivity index (χ1v) is 5.19. The van der Waals surface area contributed by atoms with Crippen molar-refractivity contribution in [3.8, 4) is 0 Å². The van der Waals surface area contributed by atoms with E-state index in [2.05, 4.69) is 39.6 Å². The van der Waals surface area contributed by atoms with Crippen LogP contribution in [0.25, 0.3) is 0 Å². The molecule has 0 amide bonds. The van der Waals surface area contributed by atoms with Crippen molar-refractivity contribution in [1.29, 1.82) is 0 Å². The van der Waals surface area contributed by atoms with Gasteiger partial charge in [0.1, 0.15) is 0 Å². The summed E-state index contributed by atoms with van der Waals surface area (Å²) in [4.78, 5) is 2.29. The Morgan fingerprint density at radius 2 is 1.92 bits per heavy atom. The summed E-state index contributed by atoms with van der Waals surface area (Å²) in [6.45, 7) is 12.0. The quantitative estimate of drug-likeness (QED) is 0.665. The number of likely N-dealkylation sites (tertiary alicyclic amines) is 1. The van der Waals surface area contributed by atoms with E-state index in [9.17, 15) is 0 Å². The maximum Gasteiger partial charge on any atom is 0.0906 e. The van der Waals surface area contributed by atoms with Crippen LogP contribution in [0.1, 0.15) is 34.1 Å². The first-order valence-electron chi connectivity index (χ1n) is 5.19. The van der Waals surface area contributed by atoms with Crippen LogP contribution in [0.4, 0.5) is 0 Å². The van der Waals surface area contributed by atoms with E-state index >= 15 is 0 Å². The lowest BCUT2D eigenvalue weighted by Crippen LogP contribution is -2.60. The molecule has 0 aromatic heterocycles. The second-order valence-corrected chi connectivity index (χ2v) is 5.43. The van der Waals surface area contributed by atoms with Gasteiger partial charge in [0.2, 0.25) is 0 Å². The fourth-order valence-electron chi connectivity index (χ4n) is 1.66. The van der Waals surface area contributed by atoms with E-state index in [1.165, 1.54) is 6.42 Å². The molecule has 1 rings (SSSR count). The zero-order valence-corrected chi connectivity index (χ0v) is 9.68. The Hall–Kier alpha value is -0.0800. The number of hydrogen-bond donors (Lipinski definition) is 0. The van der Waals surface area contributed by atoms with Gasteiger partial charge in [-0.05, 0) is 25.8 Å². The largest absolute Gasteiger partial charge is 0.372 e. The van der Waals surface area contributed by atoms with Gasteiger partial charge in [0.05, 0.1) is 12.2 Å². The predicted molar refractivity (Wildman–Crippen MR) is 55.9 cm³/mol. The third-order valence-electron chi connectivity index (χ3n) is 2.98. The van der Waals surface area contributed by atoms with E-state index in [0.717, 1.165) is 19.7 Å². The van der Waals surface area contributed by atoms with Crippen molar-refractivity contribution in [2.45, 2.75) is 39.7 Å². The van der Waals surface area contributed by atoms with Crippen molar-refractivity contribution < 1.29 is 4.74 Å². The van der Waals surface area contributed by atoms with Crippen LogP contribution < -0.4 is 0 Å². The summed E-state index contributed by atoms with van der Waals surface area (Å²) in [5, 5.41) is 0. The monoisotopic (exact) mass is 185 g/mol. The van der Waals surface area contributed by atoms with Crippen molar-refractivity contribution in [3.63, 3.8) is 0 Å². The molecule has 1 aliphatic heterocycles. The second-order valence-electron chi connectivity index (χ2n) is 5.43. The zero-order chi connectivity index (χ0) is 10.1. The van der Waals surface area contributed by atoms with Crippen molar-refractivity contribution in [1.82, 2.24) is 4.90 Å². The average molecular weight is 185 g/mol. The maximum atomic E-state index is 5.95. The molecule has 0 radical (unpaired) electrons. The van der Waals surface area contributed by atoms with Crippen LogP contribution in [0.15, 0.2) is 0 Å². The van der Waals surface area contributed by atoms with Crippen molar-refractivity contribution in [2.24, 2.45) is 5.41 Å². The molecule has 0 atom stereocenters. The van der Waals surface area contributed by atoms with Crippen LogP contribution in [-0.4, -0.2) is 37.2 Å². The van der Waals surface area contributed by atoms with Gasteiger partial charge in [-0.25, -0.2) is 0 Å². The highest BCUT2D eigenvalue weighted by molar-refractivity contribution is 4.92. The fourth-order valence-corrected chi connectivity index (χ4v) is 1.66. The van der Waals surface area contributed by atoms with Crippen LogP contribution in [-0.2, 0) is 4.74 Å². The van der Waals surface area contributed by atoms with Crippen LogP contribution in [0.3, 0.4) is 0 Å². The minimum Gasteiger partial charge on any atom is -0.372 e. The summed E-state index contributed by atoms with van der Waals surface area (Å²) in [6.07, 6.45) is 1.18. The van der Waals surface area contributed by atoms with E-state index in [4.69, 9.17) is 4.74 Å². The van der Waals surface area contributed by atoms with Gasteiger partial charge in [-0.15, -0.1) is 0 Å². The molecule has 0 N–H and O–H groups in total. The van der Waals surface area contributed by atoms with E-state index in [0.29, 0.717) is 5.41 Å². The minimum absolute atomic E-state index is 0.126. The SMILES string of the molecule is CCC(C)(C)COC1(C)CN(C)C1. The van der Waals surface area contributed by atoms with Gasteiger partial charge < -0.3 is 9.64 Å². The Bertz CT molecular complexity index is 171. The highest BCUT2D eigenvalue weighted by Gasteiger charge is 2.38. The third-order valence-corrected chi connectivity index (χ3v) is 2.98. The van der Waals surface area contributed by atoms with E-state index in [-0.39, 0.29) is 5.60 Å². The smallest absolute Gasteiger partial charge is 0.0906 e. The molecule has 0 bridgehead atoms. The van der Waals surface area contributed by atoms with Gasteiger partial charge in [-0.2, -0.15) is 0 Å². The molecule has 1 saturated heterocycles. The molecule has 0 aromatic carbocycles. The third kappa shape index (κ3) is 2.96. The number of likely N-dealkylation sites (N-methyl/N-ethyl adjacent to an activating group) is 1. The number of nitrogens with zero attached hydrogens (tertiary/aromatic N) is 1. The summed E-state index contributed by atoms with van der Waals surface area (Å²) < 4.78 is 5.95. The number of rotatable bonds is 4. The number of ether oxygens (including phenoxy) is 1. The minimum atomic E-state index is 0.126. The van der Waals surface area contributed by atoms with E-state index in [1.54, 1.807) is 0 Å². The normalized spacial score (nSPS) is 22.8. The van der Waals surface area contributed by atoms with E-state index < -0.39 is 0 Å². The summed E-state index contributed by atoms with van der Waals surface area (Å²) in [5.74, 6) is 0. The fraction of sp³-hybridized carbons (Fsp3) is 1.00. The molecule has 0 saturated carbocycles. The number of hydrogen-bond acceptors (Lipinski definition) is 2. The lowest BCUT2D eigenvalue weighted by atomic mass is 9.90. The molecule has 1 heterocycles. The van der Waals surface area contributed by atoms with Crippen molar-refractivity contribution in [2.75, 3.05) is 26.7 Å². The lowest BCUT2D eigenvalue weighted by Gasteiger charge is -2.47. The molecule has 2 nitrogen and oxygen atoms in total. The molecular weight excluding hydrogens is 162 g/mol. The van der Waals surface area contributed by atoms with Crippen LogP contribution in [0, 0.1) is 5.41 Å². The Labute approximate surface area is 82.3 Å². The zero-order valence-electron chi connectivity index (χ0n) is 9.68. The molecular formula is C11H23NO. The Morgan fingerprint density at radius 3 is 2.31 bits per heavy atom. The van der Waals surface area contributed by atoms with Crippen LogP contribution >= 0.6 is 0 Å². The van der Waals surface area contributed by atoms with Gasteiger partial charge in [0.25, 0.3) is 0 Å². The molecule has 1 aliphatic rings. The van der Waals surface area contributed by atoms with Gasteiger partial charge in [-0.3, -0.25) is 0 Å². The van der Waals surface area contributed by atoms with Gasteiger partial charge in [0.15, 0.2) is 0 Å². The van der Waals surface area contributed by atoms with Crippen molar-refractivity contribution >= 4 is 0 Å². The lowest BCUT2D eigenvalue weighted by molar-refractivity contribution is -0.142. The maximum absolute atomic E-state index is 5.95. The van der Waals surface area contributed by atoms with Crippen molar-refractivity contribution in [3.05, 3.63) is 0 Å². The van der Waals surface area contributed by atoms with E-state index in [1.807, 2.05) is 0 Å². The van der Waals surface area contributed by atoms with Crippen LogP contribution in [0.5, 0.6) is 0 Å². The predicted octanol–water partition coefficient (Wildman–Crippen LogP) is 2.14. The molecule has 13 heavy (non-hydrogen) atoms. The molecule has 2 heteroatoms. The molecule has 0 aliphatic carbocycles. The standard InChI is InChI=1S/C11H23NO/c1-6-10(2,3)9-13-11(4)7-12(5)8-11/h6-9H2,1-5H3. The molecule has 1 fully saturated rings. The highest BCUT2D eigenvalue weighted by atomic mass is 16.5. The summed E-state index contributed by atoms with van der Waals surface area (Å²) >= 11 is 0. The molecule has 0 spiro atoms. The first kappa shape index (κ1) is 11.0. The molecule has 0 aromatic rings. The summed E-state index contributed by atoms with van der Waals surface area (Å²) in [7, 11) is 2.13. The summed E-state index contributed by atoms with van der Waals surface area (Å²) in [5.41, 5.74) is 0.457. The Morgan fingerprint density at radius 1 is 1.38 bits per heavy atom. The van der Waals surface area contributed by atoms with Gasteiger partial charge in [-0.1, -0.05) is 20.8 Å². The average Bonchev–Trinajstić information content (AvgIpc) is 1.99. The Kier molecular flexibility index (Phi) is 3.03. The molecule has 0 unspecified atom stereocenters. The molecule has 78 valence electrons. The second kappa shape index (κ2) is 3.58. The Balaban J connectivity index is 2.27. The highest BCUT2D eigenvalue weighted by Crippen LogP contribution is 2.27.